The van der Waals surface area contributed by atoms with E-state index in [1.165, 1.54) is 12.4 Å². The van der Waals surface area contributed by atoms with Crippen molar-refractivity contribution in [3.63, 3.8) is 0 Å². The highest BCUT2D eigenvalue weighted by atomic mass is 16.5. The third-order valence-electron chi connectivity index (χ3n) is 4.98. The molecule has 1 N–H and O–H groups in total. The third-order valence-corrected chi connectivity index (χ3v) is 4.98. The summed E-state index contributed by atoms with van der Waals surface area (Å²) in [4.78, 5) is 47.1. The van der Waals surface area contributed by atoms with Crippen molar-refractivity contribution >= 4 is 22.8 Å². The fourth-order valence-corrected chi connectivity index (χ4v) is 3.31. The van der Waals surface area contributed by atoms with Gasteiger partial charge in [0, 0.05) is 18.1 Å². The van der Waals surface area contributed by atoms with Crippen LogP contribution >= 0.6 is 0 Å². The Morgan fingerprint density at radius 2 is 1.66 bits per heavy atom. The van der Waals surface area contributed by atoms with Crippen LogP contribution in [-0.2, 0) is 17.9 Å². The molecule has 0 atom stereocenters. The number of aromatic nitrogens is 4. The van der Waals surface area contributed by atoms with Gasteiger partial charge in [0.05, 0.1) is 13.7 Å². The Bertz CT molecular complexity index is 1390. The molecule has 0 saturated heterocycles. The number of hydrogen-bond acceptors (Lipinski definition) is 6. The lowest BCUT2D eigenvalue weighted by Crippen LogP contribution is -2.42. The first-order valence-corrected chi connectivity index (χ1v) is 9.90. The molecule has 0 bridgehead atoms. The van der Waals surface area contributed by atoms with E-state index in [9.17, 15) is 14.4 Å². The van der Waals surface area contributed by atoms with Crippen molar-refractivity contribution in [3.05, 3.63) is 92.9 Å². The Balaban J connectivity index is 1.72. The van der Waals surface area contributed by atoms with Crippen LogP contribution in [0.2, 0.25) is 0 Å². The maximum Gasteiger partial charge on any atom is 0.333 e. The highest BCUT2D eigenvalue weighted by Crippen LogP contribution is 2.12. The van der Waals surface area contributed by atoms with Gasteiger partial charge in [-0.1, -0.05) is 29.8 Å². The number of ether oxygens (including phenoxy) is 1. The maximum absolute atomic E-state index is 13.2. The Labute approximate surface area is 182 Å². The molecule has 0 aliphatic heterocycles. The zero-order chi connectivity index (χ0) is 22.7. The Morgan fingerprint density at radius 1 is 0.969 bits per heavy atom. The molecule has 0 spiro atoms. The molecule has 0 aliphatic carbocycles. The highest BCUT2D eigenvalue weighted by molar-refractivity contribution is 5.91. The van der Waals surface area contributed by atoms with Gasteiger partial charge >= 0.3 is 5.69 Å². The molecule has 0 saturated carbocycles. The molecule has 4 aromatic rings. The molecule has 9 heteroatoms. The Hall–Kier alpha value is -4.27. The summed E-state index contributed by atoms with van der Waals surface area (Å²) in [6, 6.07) is 14.3. The van der Waals surface area contributed by atoms with Crippen LogP contribution in [0.1, 0.15) is 11.1 Å². The number of amides is 1. The van der Waals surface area contributed by atoms with Crippen LogP contribution in [0.5, 0.6) is 5.75 Å². The molecule has 0 fully saturated rings. The zero-order valence-corrected chi connectivity index (χ0v) is 17.6. The predicted molar refractivity (Wildman–Crippen MR) is 120 cm³/mol. The molecule has 2 aromatic heterocycles. The van der Waals surface area contributed by atoms with E-state index in [0.29, 0.717) is 11.4 Å². The van der Waals surface area contributed by atoms with Crippen molar-refractivity contribution in [2.45, 2.75) is 20.0 Å². The first-order valence-electron chi connectivity index (χ1n) is 9.90. The van der Waals surface area contributed by atoms with Gasteiger partial charge < -0.3 is 10.1 Å². The molecular formula is C23H21N5O4. The summed E-state index contributed by atoms with van der Waals surface area (Å²) in [5.74, 6) is 0.244. The molecule has 162 valence electrons. The van der Waals surface area contributed by atoms with Gasteiger partial charge in [-0.05, 0) is 36.8 Å². The van der Waals surface area contributed by atoms with Crippen molar-refractivity contribution in [1.29, 1.82) is 0 Å². The van der Waals surface area contributed by atoms with Crippen LogP contribution in [-0.4, -0.2) is 32.1 Å². The van der Waals surface area contributed by atoms with Crippen LogP contribution in [0, 0.1) is 6.92 Å². The van der Waals surface area contributed by atoms with E-state index >= 15 is 0 Å². The minimum Gasteiger partial charge on any atom is -0.497 e. The number of nitrogens with zero attached hydrogens (tertiary/aromatic N) is 4. The van der Waals surface area contributed by atoms with Gasteiger partial charge in [-0.25, -0.2) is 14.8 Å². The van der Waals surface area contributed by atoms with Crippen molar-refractivity contribution in [2.24, 2.45) is 0 Å². The van der Waals surface area contributed by atoms with E-state index in [1.54, 1.807) is 43.5 Å². The van der Waals surface area contributed by atoms with E-state index in [2.05, 4.69) is 15.3 Å². The van der Waals surface area contributed by atoms with Crippen molar-refractivity contribution in [3.8, 4) is 5.75 Å². The van der Waals surface area contributed by atoms with Gasteiger partial charge in [-0.3, -0.25) is 18.7 Å². The average Bonchev–Trinajstić information content (AvgIpc) is 2.81. The first-order chi connectivity index (χ1) is 15.5. The topological polar surface area (TPSA) is 108 Å². The van der Waals surface area contributed by atoms with Crippen LogP contribution in [0.3, 0.4) is 0 Å². The fraction of sp³-hybridized carbons (Fsp3) is 0.174. The minimum atomic E-state index is -0.641. The lowest BCUT2D eigenvalue weighted by atomic mass is 10.2. The number of methoxy groups -OCH3 is 1. The number of hydrogen-bond donors (Lipinski definition) is 1. The lowest BCUT2D eigenvalue weighted by molar-refractivity contribution is -0.116. The third kappa shape index (κ3) is 4.27. The van der Waals surface area contributed by atoms with E-state index < -0.39 is 17.2 Å². The van der Waals surface area contributed by atoms with Gasteiger partial charge in [-0.2, -0.15) is 0 Å². The zero-order valence-electron chi connectivity index (χ0n) is 17.6. The molecule has 2 heterocycles. The second-order valence-corrected chi connectivity index (χ2v) is 7.25. The molecule has 0 radical (unpaired) electrons. The largest absolute Gasteiger partial charge is 0.497 e. The van der Waals surface area contributed by atoms with Crippen LogP contribution in [0.4, 0.5) is 5.69 Å². The summed E-state index contributed by atoms with van der Waals surface area (Å²) in [5.41, 5.74) is 1.27. The van der Waals surface area contributed by atoms with Gasteiger partial charge in [0.1, 0.15) is 12.3 Å². The van der Waals surface area contributed by atoms with Gasteiger partial charge in [-0.15, -0.1) is 0 Å². The highest BCUT2D eigenvalue weighted by Gasteiger charge is 2.17. The van der Waals surface area contributed by atoms with Crippen LogP contribution < -0.4 is 21.3 Å². The number of rotatable bonds is 6. The number of nitrogens with one attached hydrogen (secondary N) is 1. The number of aryl methyl sites for hydroxylation is 1. The molecular weight excluding hydrogens is 410 g/mol. The van der Waals surface area contributed by atoms with Gasteiger partial charge in [0.25, 0.3) is 5.56 Å². The first kappa shape index (κ1) is 21.0. The predicted octanol–water partition coefficient (Wildman–Crippen LogP) is 1.96. The summed E-state index contributed by atoms with van der Waals surface area (Å²) in [6.45, 7) is 1.65. The monoisotopic (exact) mass is 431 g/mol. The summed E-state index contributed by atoms with van der Waals surface area (Å²) >= 11 is 0. The number of benzene rings is 2. The number of anilines is 1. The van der Waals surface area contributed by atoms with Crippen molar-refractivity contribution in [1.82, 2.24) is 19.1 Å². The van der Waals surface area contributed by atoms with Crippen molar-refractivity contribution < 1.29 is 9.53 Å². The smallest absolute Gasteiger partial charge is 0.333 e. The summed E-state index contributed by atoms with van der Waals surface area (Å²) in [6.07, 6.45) is 2.76. The van der Waals surface area contributed by atoms with E-state index in [0.717, 1.165) is 20.3 Å². The molecule has 4 rings (SSSR count). The van der Waals surface area contributed by atoms with Gasteiger partial charge in [0.15, 0.2) is 11.2 Å². The number of carbonyl (C=O) groups excluding carboxylic acids is 1. The Kier molecular flexibility index (Phi) is 5.80. The van der Waals surface area contributed by atoms with E-state index in [4.69, 9.17) is 4.74 Å². The van der Waals surface area contributed by atoms with Gasteiger partial charge in [0.2, 0.25) is 5.91 Å². The molecule has 0 aliphatic rings. The fourth-order valence-electron chi connectivity index (χ4n) is 3.31. The van der Waals surface area contributed by atoms with E-state index in [1.807, 2.05) is 19.1 Å². The number of carbonyl (C=O) groups is 1. The van der Waals surface area contributed by atoms with Crippen molar-refractivity contribution in [2.75, 3.05) is 12.4 Å². The molecule has 9 nitrogen and oxygen atoms in total. The standard InChI is InChI=1S/C23H21N5O4/c1-15-3-7-17(8-4-15)26-19(29)14-27-21-20(24-11-12-25-21)22(30)28(23(27)31)13-16-5-9-18(32-2)10-6-16/h3-12H,13-14H2,1-2H3,(H,26,29). The van der Waals surface area contributed by atoms with Crippen LogP contribution in [0.25, 0.3) is 11.2 Å². The lowest BCUT2D eigenvalue weighted by Gasteiger charge is -2.13. The SMILES string of the molecule is COc1ccc(Cn2c(=O)c3nccnc3n(CC(=O)Nc3ccc(C)cc3)c2=O)cc1. The molecule has 1 amide bonds. The second-order valence-electron chi connectivity index (χ2n) is 7.25. The summed E-state index contributed by atoms with van der Waals surface area (Å²) in [5, 5.41) is 2.76. The summed E-state index contributed by atoms with van der Waals surface area (Å²) < 4.78 is 7.36. The minimum absolute atomic E-state index is 0.0174. The quantitative estimate of drug-likeness (QED) is 0.500. The summed E-state index contributed by atoms with van der Waals surface area (Å²) in [7, 11) is 1.56. The number of fused-ring (bicyclic) bond motifs is 1. The molecule has 32 heavy (non-hydrogen) atoms. The van der Waals surface area contributed by atoms with Crippen LogP contribution in [0.15, 0.2) is 70.5 Å². The second kappa shape index (κ2) is 8.84. The molecule has 2 aromatic carbocycles. The molecule has 0 unspecified atom stereocenters. The Morgan fingerprint density at radius 3 is 2.34 bits per heavy atom. The van der Waals surface area contributed by atoms with E-state index in [-0.39, 0.29) is 24.3 Å². The average molecular weight is 431 g/mol. The normalized spacial score (nSPS) is 10.8. The maximum atomic E-state index is 13.2.